The zero-order chi connectivity index (χ0) is 15.8. The maximum absolute atomic E-state index is 12.3. The van der Waals surface area contributed by atoms with E-state index in [1.807, 2.05) is 0 Å². The van der Waals surface area contributed by atoms with Crippen LogP contribution < -0.4 is 10.5 Å². The Balaban J connectivity index is 2.34. The highest BCUT2D eigenvalue weighted by Crippen LogP contribution is 2.17. The Bertz CT molecular complexity index is 731. The number of amides is 2. The summed E-state index contributed by atoms with van der Waals surface area (Å²) >= 11 is 4.76. The molecule has 1 unspecified atom stereocenters. The van der Waals surface area contributed by atoms with Crippen LogP contribution >= 0.6 is 12.2 Å². The molecule has 1 aromatic rings. The van der Waals surface area contributed by atoms with Crippen LogP contribution in [0.2, 0.25) is 0 Å². The molecule has 112 valence electrons. The summed E-state index contributed by atoms with van der Waals surface area (Å²) in [5, 5.41) is 0. The van der Waals surface area contributed by atoms with Crippen molar-refractivity contribution >= 4 is 39.0 Å². The van der Waals surface area contributed by atoms with Gasteiger partial charge >= 0.3 is 0 Å². The Kier molecular flexibility index (Phi) is 4.03. The minimum absolute atomic E-state index is 0.0647. The number of imide groups is 1. The number of pyridine rings is 1. The van der Waals surface area contributed by atoms with Gasteiger partial charge in [0.25, 0.3) is 0 Å². The fraction of sp³-hybridized carbons (Fsp3) is 0.273. The van der Waals surface area contributed by atoms with Crippen LogP contribution in [0.4, 0.5) is 0 Å². The first-order valence-corrected chi connectivity index (χ1v) is 7.70. The van der Waals surface area contributed by atoms with Crippen molar-refractivity contribution in [1.29, 1.82) is 0 Å². The molecule has 0 bridgehead atoms. The number of nitrogens with zero attached hydrogens (tertiary/aromatic N) is 2. The molecule has 1 aliphatic heterocycles. The summed E-state index contributed by atoms with van der Waals surface area (Å²) in [7, 11) is -2.78. The maximum Gasteiger partial charge on any atom is 0.247 e. The van der Waals surface area contributed by atoms with E-state index < -0.39 is 27.9 Å². The molecule has 1 atom stereocenters. The number of thiocarbonyl (C=S) groups is 1. The molecule has 8 nitrogen and oxygen atoms in total. The van der Waals surface area contributed by atoms with Gasteiger partial charge in [0.05, 0.1) is 6.42 Å². The third-order valence-corrected chi connectivity index (χ3v) is 4.67. The summed E-state index contributed by atoms with van der Waals surface area (Å²) in [6, 6.07) is 1.55. The Labute approximate surface area is 126 Å². The number of nitrogens with two attached hydrogens (primary N) is 1. The van der Waals surface area contributed by atoms with Gasteiger partial charge in [-0.05, 0) is 12.1 Å². The lowest BCUT2D eigenvalue weighted by Crippen LogP contribution is -2.41. The van der Waals surface area contributed by atoms with Crippen LogP contribution in [-0.4, -0.2) is 48.2 Å². The Hall–Kier alpha value is -1.91. The normalized spacial score (nSPS) is 19.1. The first-order chi connectivity index (χ1) is 9.74. The van der Waals surface area contributed by atoms with Gasteiger partial charge in [0, 0.05) is 13.2 Å². The minimum atomic E-state index is -4.08. The summed E-state index contributed by atoms with van der Waals surface area (Å²) < 4.78 is 26.8. The maximum atomic E-state index is 12.3. The quantitative estimate of drug-likeness (QED) is 0.523. The van der Waals surface area contributed by atoms with E-state index in [1.54, 1.807) is 0 Å². The van der Waals surface area contributed by atoms with Crippen molar-refractivity contribution in [1.82, 2.24) is 14.6 Å². The predicted molar refractivity (Wildman–Crippen MR) is 76.6 cm³/mol. The highest BCUT2D eigenvalue weighted by atomic mass is 32.2. The Morgan fingerprint density at radius 1 is 1.52 bits per heavy atom. The average molecular weight is 328 g/mol. The highest BCUT2D eigenvalue weighted by Gasteiger charge is 2.39. The molecule has 0 aromatic carbocycles. The molecule has 0 spiro atoms. The predicted octanol–water partition coefficient (Wildman–Crippen LogP) is -1.25. The van der Waals surface area contributed by atoms with E-state index in [9.17, 15) is 18.0 Å². The number of sulfonamides is 1. The lowest BCUT2D eigenvalue weighted by Gasteiger charge is -2.13. The Morgan fingerprint density at radius 3 is 2.71 bits per heavy atom. The van der Waals surface area contributed by atoms with Gasteiger partial charge in [-0.15, -0.1) is 0 Å². The van der Waals surface area contributed by atoms with Gasteiger partial charge in [0.15, 0.2) is 0 Å². The highest BCUT2D eigenvalue weighted by molar-refractivity contribution is 7.89. The number of hydrogen-bond acceptors (Lipinski definition) is 6. The molecule has 10 heteroatoms. The van der Waals surface area contributed by atoms with Crippen LogP contribution in [-0.2, 0) is 19.6 Å². The van der Waals surface area contributed by atoms with Crippen molar-refractivity contribution in [2.24, 2.45) is 5.73 Å². The average Bonchev–Trinajstić information content (AvgIpc) is 2.66. The van der Waals surface area contributed by atoms with Gasteiger partial charge in [-0.1, -0.05) is 12.2 Å². The number of hydrogen-bond donors (Lipinski definition) is 2. The number of likely N-dealkylation sites (tertiary alicyclic amines) is 1. The van der Waals surface area contributed by atoms with Gasteiger partial charge in [-0.25, -0.2) is 8.42 Å². The molecule has 1 aromatic heterocycles. The second kappa shape index (κ2) is 5.47. The van der Waals surface area contributed by atoms with Crippen LogP contribution in [0.5, 0.6) is 0 Å². The number of carbonyl (C=O) groups is 2. The Morgan fingerprint density at radius 2 is 2.19 bits per heavy atom. The number of rotatable bonds is 4. The van der Waals surface area contributed by atoms with Crippen molar-refractivity contribution in [3.63, 3.8) is 0 Å². The van der Waals surface area contributed by atoms with Crippen LogP contribution in [0.15, 0.2) is 23.2 Å². The SMILES string of the molecule is CN1C(=O)CC(NS(=O)(=O)c2cccnc2C(N)=S)C1=O. The molecule has 2 heterocycles. The number of aromatic nitrogens is 1. The number of nitrogens with one attached hydrogen (secondary N) is 1. The van der Waals surface area contributed by atoms with Crippen molar-refractivity contribution in [3.05, 3.63) is 24.0 Å². The molecule has 3 N–H and O–H groups in total. The first-order valence-electron chi connectivity index (χ1n) is 5.81. The summed E-state index contributed by atoms with van der Waals surface area (Å²) in [5.41, 5.74) is 5.37. The van der Waals surface area contributed by atoms with Crippen LogP contribution in [0.1, 0.15) is 12.1 Å². The van der Waals surface area contributed by atoms with E-state index in [-0.39, 0.29) is 22.0 Å². The third kappa shape index (κ3) is 2.91. The van der Waals surface area contributed by atoms with Crippen molar-refractivity contribution in [2.45, 2.75) is 17.4 Å². The topological polar surface area (TPSA) is 122 Å². The molecule has 0 saturated carbocycles. The van der Waals surface area contributed by atoms with E-state index in [0.717, 1.165) is 4.90 Å². The molecule has 21 heavy (non-hydrogen) atoms. The third-order valence-electron chi connectivity index (χ3n) is 2.97. The van der Waals surface area contributed by atoms with E-state index in [0.29, 0.717) is 0 Å². The van der Waals surface area contributed by atoms with E-state index >= 15 is 0 Å². The molecule has 1 aliphatic rings. The fourth-order valence-corrected chi connectivity index (χ4v) is 3.48. The number of carbonyl (C=O) groups excluding carboxylic acids is 2. The largest absolute Gasteiger partial charge is 0.388 e. The van der Waals surface area contributed by atoms with Gasteiger partial charge in [0.1, 0.15) is 21.6 Å². The standard InChI is InChI=1S/C11H12N4O4S2/c1-15-8(16)5-6(11(15)17)14-21(18,19)7-3-2-4-13-9(7)10(12)20/h2-4,6,14H,5H2,1H3,(H2,12,20). The van der Waals surface area contributed by atoms with Gasteiger partial charge < -0.3 is 5.73 Å². The van der Waals surface area contributed by atoms with Crippen LogP contribution in [0, 0.1) is 0 Å². The zero-order valence-electron chi connectivity index (χ0n) is 10.9. The summed E-state index contributed by atoms with van der Waals surface area (Å²) in [4.78, 5) is 27.5. The fourth-order valence-electron chi connectivity index (χ4n) is 1.89. The lowest BCUT2D eigenvalue weighted by atomic mass is 10.3. The zero-order valence-corrected chi connectivity index (χ0v) is 12.6. The van der Waals surface area contributed by atoms with Gasteiger partial charge in [0.2, 0.25) is 21.8 Å². The monoisotopic (exact) mass is 328 g/mol. The molecule has 1 fully saturated rings. The summed E-state index contributed by atoms with van der Waals surface area (Å²) in [5.74, 6) is -1.06. The van der Waals surface area contributed by atoms with Crippen LogP contribution in [0.25, 0.3) is 0 Å². The van der Waals surface area contributed by atoms with E-state index in [2.05, 4.69) is 9.71 Å². The van der Waals surface area contributed by atoms with E-state index in [1.165, 1.54) is 25.4 Å². The number of likely N-dealkylation sites (N-methyl/N-ethyl adjacent to an activating group) is 1. The van der Waals surface area contributed by atoms with Gasteiger partial charge in [-0.2, -0.15) is 4.72 Å². The van der Waals surface area contributed by atoms with Gasteiger partial charge in [-0.3, -0.25) is 19.5 Å². The minimum Gasteiger partial charge on any atom is -0.388 e. The smallest absolute Gasteiger partial charge is 0.247 e. The molecule has 1 saturated heterocycles. The van der Waals surface area contributed by atoms with Crippen LogP contribution in [0.3, 0.4) is 0 Å². The molecule has 0 aliphatic carbocycles. The molecular formula is C11H12N4O4S2. The second-order valence-electron chi connectivity index (χ2n) is 4.38. The molecule has 2 amide bonds. The second-order valence-corrected chi connectivity index (χ2v) is 6.51. The van der Waals surface area contributed by atoms with E-state index in [4.69, 9.17) is 18.0 Å². The lowest BCUT2D eigenvalue weighted by molar-refractivity contribution is -0.137. The van der Waals surface area contributed by atoms with Crippen molar-refractivity contribution in [2.75, 3.05) is 7.05 Å². The molecular weight excluding hydrogens is 316 g/mol. The molecule has 2 rings (SSSR count). The first kappa shape index (κ1) is 15.5. The molecule has 0 radical (unpaired) electrons. The van der Waals surface area contributed by atoms with Crippen molar-refractivity contribution in [3.8, 4) is 0 Å². The summed E-state index contributed by atoms with van der Waals surface area (Å²) in [6.07, 6.45) is 1.13. The summed E-state index contributed by atoms with van der Waals surface area (Å²) in [6.45, 7) is 0. The van der Waals surface area contributed by atoms with Crippen molar-refractivity contribution < 1.29 is 18.0 Å².